The number of carbonyl (C=O) groups is 4. The maximum atomic E-state index is 13.4. The Bertz CT molecular complexity index is 1340. The third-order valence-electron chi connectivity index (χ3n) is 6.39. The first kappa shape index (κ1) is 29.3. The highest BCUT2D eigenvalue weighted by atomic mass is 16.7. The van der Waals surface area contributed by atoms with Gasteiger partial charge in [0.15, 0.2) is 12.4 Å². The number of ether oxygens (including phenoxy) is 2. The van der Waals surface area contributed by atoms with E-state index in [0.717, 1.165) is 24.8 Å². The Morgan fingerprint density at radius 3 is 2.63 bits per heavy atom. The van der Waals surface area contributed by atoms with Crippen LogP contribution in [0.15, 0.2) is 41.2 Å². The molecule has 41 heavy (non-hydrogen) atoms. The number of rotatable bonds is 13. The molecule has 2 aromatic rings. The van der Waals surface area contributed by atoms with Crippen LogP contribution in [0.3, 0.4) is 0 Å². The zero-order valence-electron chi connectivity index (χ0n) is 22.7. The Balaban J connectivity index is 1.42. The molecular formula is C28H32N6O7. The molecular weight excluding hydrogens is 532 g/mol. The average Bonchev–Trinajstić information content (AvgIpc) is 3.12. The highest BCUT2D eigenvalue weighted by Gasteiger charge is 2.24. The van der Waals surface area contributed by atoms with Gasteiger partial charge in [-0.3, -0.25) is 19.2 Å². The van der Waals surface area contributed by atoms with E-state index in [9.17, 15) is 19.2 Å². The Kier molecular flexibility index (Phi) is 10.1. The lowest BCUT2D eigenvalue weighted by Gasteiger charge is -2.25. The topological polar surface area (TPSA) is 175 Å². The summed E-state index contributed by atoms with van der Waals surface area (Å²) >= 11 is 0. The maximum absolute atomic E-state index is 13.4. The number of alkyl carbamates (subject to hydrolysis) is 1. The summed E-state index contributed by atoms with van der Waals surface area (Å²) in [5.74, 6) is -0.674. The molecule has 1 saturated carbocycles. The van der Waals surface area contributed by atoms with Crippen LogP contribution < -0.4 is 11.1 Å². The number of amidine groups is 1. The lowest BCUT2D eigenvalue weighted by Crippen LogP contribution is -2.38. The van der Waals surface area contributed by atoms with Crippen molar-refractivity contribution in [2.45, 2.75) is 45.1 Å². The number of hydroxylamine groups is 2. The molecule has 1 aliphatic heterocycles. The minimum absolute atomic E-state index is 0.0117. The Hall–Kier alpha value is -4.65. The van der Waals surface area contributed by atoms with Crippen molar-refractivity contribution in [2.24, 2.45) is 10.7 Å². The van der Waals surface area contributed by atoms with Crippen molar-refractivity contribution in [1.29, 1.82) is 0 Å². The van der Waals surface area contributed by atoms with Crippen molar-refractivity contribution in [2.75, 3.05) is 26.3 Å². The van der Waals surface area contributed by atoms with E-state index in [1.165, 1.54) is 17.5 Å². The van der Waals surface area contributed by atoms with Crippen molar-refractivity contribution in [3.05, 3.63) is 47.6 Å². The summed E-state index contributed by atoms with van der Waals surface area (Å²) in [6, 6.07) is 5.41. The molecule has 4 rings (SSSR count). The third kappa shape index (κ3) is 7.94. The van der Waals surface area contributed by atoms with Crippen LogP contribution in [0.5, 0.6) is 0 Å². The van der Waals surface area contributed by atoms with Gasteiger partial charge in [0.25, 0.3) is 12.4 Å². The van der Waals surface area contributed by atoms with Gasteiger partial charge in [-0.05, 0) is 43.4 Å². The number of hydrogen-bond acceptors (Lipinski definition) is 11. The number of fused-ring (bicyclic) bond motifs is 1. The summed E-state index contributed by atoms with van der Waals surface area (Å²) < 4.78 is 9.70. The Morgan fingerprint density at radius 1 is 1.17 bits per heavy atom. The van der Waals surface area contributed by atoms with E-state index in [1.807, 2.05) is 13.0 Å². The molecule has 1 aromatic heterocycles. The highest BCUT2D eigenvalue weighted by Crippen LogP contribution is 2.32. The summed E-state index contributed by atoms with van der Waals surface area (Å²) in [5, 5.41) is 3.92. The van der Waals surface area contributed by atoms with Crippen LogP contribution in [-0.2, 0) is 23.9 Å². The first-order chi connectivity index (χ1) is 19.9. The zero-order chi connectivity index (χ0) is 29.2. The summed E-state index contributed by atoms with van der Waals surface area (Å²) in [6.45, 7) is 2.32. The van der Waals surface area contributed by atoms with E-state index in [1.54, 1.807) is 18.2 Å². The summed E-state index contributed by atoms with van der Waals surface area (Å²) in [7, 11) is 0. The molecule has 1 fully saturated rings. The predicted molar refractivity (Wildman–Crippen MR) is 148 cm³/mol. The fourth-order valence-corrected chi connectivity index (χ4v) is 4.08. The highest BCUT2D eigenvalue weighted by molar-refractivity contribution is 6.05. The molecule has 2 heterocycles. The van der Waals surface area contributed by atoms with Crippen LogP contribution in [-0.4, -0.2) is 77.5 Å². The van der Waals surface area contributed by atoms with Crippen LogP contribution in [0.25, 0.3) is 17.2 Å². The number of aromatic nitrogens is 2. The number of benzene rings is 1. The number of ketones is 1. The zero-order valence-corrected chi connectivity index (χ0v) is 22.7. The monoisotopic (exact) mass is 564 g/mol. The molecule has 0 radical (unpaired) electrons. The number of amides is 2. The standard InChI is InChI=1S/C28H32N6O7/c1-2-9-34(40-10-8-30-28(38)41-22-4-3-5-22)27(37)20-11-19-7-6-18(12-23(19)33-25(29)13-20)21-14-31-26(32-15-21)24(36)16-39-17-35/h6-7,11-12,14-15,17,22H,2-5,8-10,13,16H2,1H3,(H2,29,33)(H,30,38). The lowest BCUT2D eigenvalue weighted by molar-refractivity contribution is -0.181. The van der Waals surface area contributed by atoms with Gasteiger partial charge < -0.3 is 20.5 Å². The second-order valence-electron chi connectivity index (χ2n) is 9.47. The van der Waals surface area contributed by atoms with Crippen molar-refractivity contribution in [1.82, 2.24) is 20.3 Å². The number of aliphatic imine (C=N–C) groups is 1. The van der Waals surface area contributed by atoms with E-state index >= 15 is 0 Å². The number of nitrogens with two attached hydrogens (primary N) is 1. The SMILES string of the molecule is CCCN(OCCNC(=O)OC1CCC1)C(=O)C1=Cc2ccc(-c3cnc(C(=O)COC=O)nc3)cc2N=C(N)C1. The van der Waals surface area contributed by atoms with Gasteiger partial charge in [-0.1, -0.05) is 19.1 Å². The fraction of sp³-hybridized carbons (Fsp3) is 0.393. The fourth-order valence-electron chi connectivity index (χ4n) is 4.08. The molecule has 2 aliphatic rings. The van der Waals surface area contributed by atoms with Gasteiger partial charge in [0.05, 0.1) is 12.3 Å². The molecule has 1 aliphatic carbocycles. The van der Waals surface area contributed by atoms with E-state index in [4.69, 9.17) is 15.3 Å². The van der Waals surface area contributed by atoms with Gasteiger partial charge in [-0.15, -0.1) is 0 Å². The predicted octanol–water partition coefficient (Wildman–Crippen LogP) is 2.72. The molecule has 2 amide bonds. The third-order valence-corrected chi connectivity index (χ3v) is 6.39. The summed E-state index contributed by atoms with van der Waals surface area (Å²) in [5.41, 5.74) is 9.19. The van der Waals surface area contributed by atoms with Crippen LogP contribution in [0, 0.1) is 0 Å². The average molecular weight is 565 g/mol. The second-order valence-corrected chi connectivity index (χ2v) is 9.47. The molecule has 0 bridgehead atoms. The summed E-state index contributed by atoms with van der Waals surface area (Å²) in [6.07, 6.45) is 7.84. The lowest BCUT2D eigenvalue weighted by atomic mass is 9.96. The van der Waals surface area contributed by atoms with E-state index in [2.05, 4.69) is 25.0 Å². The number of nitrogens with one attached hydrogen (secondary N) is 1. The van der Waals surface area contributed by atoms with Crippen molar-refractivity contribution >= 4 is 41.9 Å². The molecule has 0 spiro atoms. The minimum Gasteiger partial charge on any atom is -0.459 e. The van der Waals surface area contributed by atoms with Gasteiger partial charge in [0.2, 0.25) is 5.78 Å². The van der Waals surface area contributed by atoms with Gasteiger partial charge in [-0.25, -0.2) is 24.8 Å². The van der Waals surface area contributed by atoms with Crippen LogP contribution in [0.1, 0.15) is 55.2 Å². The first-order valence-electron chi connectivity index (χ1n) is 13.4. The van der Waals surface area contributed by atoms with Crippen LogP contribution >= 0.6 is 0 Å². The van der Waals surface area contributed by atoms with Crippen molar-refractivity contribution in [3.8, 4) is 11.1 Å². The maximum Gasteiger partial charge on any atom is 0.407 e. The molecule has 0 saturated heterocycles. The second kappa shape index (κ2) is 14.1. The number of nitrogens with zero attached hydrogens (tertiary/aromatic N) is 4. The molecule has 0 atom stereocenters. The molecule has 13 heteroatoms. The number of Topliss-reactive ketones (excluding diaryl/α,β-unsaturated/α-hetero) is 1. The quantitative estimate of drug-likeness (QED) is 0.159. The van der Waals surface area contributed by atoms with Gasteiger partial charge in [0, 0.05) is 48.6 Å². The first-order valence-corrected chi connectivity index (χ1v) is 13.4. The smallest absolute Gasteiger partial charge is 0.407 e. The van der Waals surface area contributed by atoms with E-state index in [0.29, 0.717) is 35.4 Å². The van der Waals surface area contributed by atoms with E-state index in [-0.39, 0.29) is 49.7 Å². The number of hydrogen-bond donors (Lipinski definition) is 2. The molecule has 1 aromatic carbocycles. The Morgan fingerprint density at radius 2 is 1.95 bits per heavy atom. The Labute approximate surface area is 236 Å². The largest absolute Gasteiger partial charge is 0.459 e. The van der Waals surface area contributed by atoms with Crippen LogP contribution in [0.2, 0.25) is 0 Å². The van der Waals surface area contributed by atoms with Gasteiger partial charge in [0.1, 0.15) is 11.9 Å². The minimum atomic E-state index is -0.519. The van der Waals surface area contributed by atoms with Gasteiger partial charge in [-0.2, -0.15) is 0 Å². The van der Waals surface area contributed by atoms with Crippen LogP contribution in [0.4, 0.5) is 10.5 Å². The van der Waals surface area contributed by atoms with Crippen molar-refractivity contribution in [3.63, 3.8) is 0 Å². The number of carbonyl (C=O) groups excluding carboxylic acids is 4. The van der Waals surface area contributed by atoms with Gasteiger partial charge >= 0.3 is 6.09 Å². The normalized spacial score (nSPS) is 14.4. The summed E-state index contributed by atoms with van der Waals surface area (Å²) in [4.78, 5) is 65.8. The van der Waals surface area contributed by atoms with E-state index < -0.39 is 18.5 Å². The van der Waals surface area contributed by atoms with Crippen molar-refractivity contribution < 1.29 is 33.5 Å². The molecule has 13 nitrogen and oxygen atoms in total. The molecule has 0 unspecified atom stereocenters. The molecule has 3 N–H and O–H groups in total. The molecule has 216 valence electrons.